The molecule has 234 valence electrons. The summed E-state index contributed by atoms with van der Waals surface area (Å²) in [7, 11) is 9.33. The van der Waals surface area contributed by atoms with Gasteiger partial charge in [-0.1, -0.05) is 18.2 Å². The van der Waals surface area contributed by atoms with Crippen molar-refractivity contribution >= 4 is 0 Å². The van der Waals surface area contributed by atoms with Gasteiger partial charge in [0.05, 0.1) is 21.3 Å². The van der Waals surface area contributed by atoms with E-state index in [2.05, 4.69) is 54.2 Å². The highest BCUT2D eigenvalue weighted by Crippen LogP contribution is 2.52. The molecule has 2 atom stereocenters. The van der Waals surface area contributed by atoms with Crippen molar-refractivity contribution in [3.05, 3.63) is 94.0 Å². The van der Waals surface area contributed by atoms with Crippen LogP contribution in [0.5, 0.6) is 46.0 Å². The summed E-state index contributed by atoms with van der Waals surface area (Å²) in [5.41, 5.74) is 6.93. The minimum Gasteiger partial charge on any atom is -0.504 e. The van der Waals surface area contributed by atoms with Gasteiger partial charge in [-0.3, -0.25) is 9.80 Å². The SMILES string of the molecule is COc1cc2c3cc1Oc1c(OC)c(OC)cc4c1[C@@H](Cc1ccc(O)c(c1)Oc1ccc(cc1)C[C@H]3N(C)CC2)N(C)CC4. The number of hydrogen-bond acceptors (Lipinski definition) is 8. The van der Waals surface area contributed by atoms with Crippen LogP contribution in [0.3, 0.4) is 0 Å². The first-order valence-electron chi connectivity index (χ1n) is 15.5. The maximum absolute atomic E-state index is 10.7. The van der Waals surface area contributed by atoms with Crippen molar-refractivity contribution in [3.63, 3.8) is 0 Å². The monoisotopic (exact) mass is 608 g/mol. The number of fused-ring (bicyclic) bond motifs is 2. The molecule has 0 aliphatic carbocycles. The van der Waals surface area contributed by atoms with Crippen LogP contribution in [0.1, 0.15) is 45.5 Å². The summed E-state index contributed by atoms with van der Waals surface area (Å²) in [4.78, 5) is 4.75. The van der Waals surface area contributed by atoms with Crippen molar-refractivity contribution in [2.45, 2.75) is 37.8 Å². The molecule has 0 radical (unpaired) electrons. The summed E-state index contributed by atoms with van der Waals surface area (Å²) < 4.78 is 31.0. The molecule has 4 aliphatic heterocycles. The molecule has 4 aliphatic rings. The van der Waals surface area contributed by atoms with E-state index in [4.69, 9.17) is 23.7 Å². The Morgan fingerprint density at radius 1 is 0.689 bits per heavy atom. The molecule has 8 heteroatoms. The number of phenolic OH excluding ortho intramolecular Hbond substituents is 1. The van der Waals surface area contributed by atoms with E-state index in [-0.39, 0.29) is 17.8 Å². The predicted molar refractivity (Wildman–Crippen MR) is 173 cm³/mol. The lowest BCUT2D eigenvalue weighted by atomic mass is 9.87. The van der Waals surface area contributed by atoms with Crippen LogP contribution in [-0.2, 0) is 25.7 Å². The summed E-state index contributed by atoms with van der Waals surface area (Å²) in [5, 5.41) is 10.7. The van der Waals surface area contributed by atoms with Gasteiger partial charge in [0, 0.05) is 30.7 Å². The molecule has 45 heavy (non-hydrogen) atoms. The number of ether oxygens (including phenoxy) is 5. The smallest absolute Gasteiger partial charge is 0.204 e. The molecule has 4 heterocycles. The normalized spacial score (nSPS) is 19.4. The summed E-state index contributed by atoms with van der Waals surface area (Å²) >= 11 is 0. The van der Waals surface area contributed by atoms with Crippen molar-refractivity contribution < 1.29 is 28.8 Å². The molecule has 0 spiro atoms. The minimum absolute atomic E-state index is 0.0402. The number of phenols is 1. The molecule has 0 saturated carbocycles. The molecule has 1 N–H and O–H groups in total. The third-order valence-electron chi connectivity index (χ3n) is 9.64. The van der Waals surface area contributed by atoms with E-state index in [1.54, 1.807) is 27.4 Å². The van der Waals surface area contributed by atoms with Crippen molar-refractivity contribution in [1.82, 2.24) is 9.80 Å². The molecule has 0 aromatic heterocycles. The van der Waals surface area contributed by atoms with Crippen LogP contribution in [0.2, 0.25) is 0 Å². The lowest BCUT2D eigenvalue weighted by molar-refractivity contribution is 0.220. The average Bonchev–Trinajstić information content (AvgIpc) is 3.05. The number of rotatable bonds is 3. The highest BCUT2D eigenvalue weighted by Gasteiger charge is 2.34. The van der Waals surface area contributed by atoms with Gasteiger partial charge in [-0.2, -0.15) is 0 Å². The van der Waals surface area contributed by atoms with Crippen LogP contribution in [0, 0.1) is 0 Å². The second kappa shape index (κ2) is 11.8. The van der Waals surface area contributed by atoms with Gasteiger partial charge in [0.25, 0.3) is 0 Å². The van der Waals surface area contributed by atoms with E-state index >= 15 is 0 Å². The molecule has 0 saturated heterocycles. The fourth-order valence-electron chi connectivity index (χ4n) is 7.11. The topological polar surface area (TPSA) is 72.9 Å². The largest absolute Gasteiger partial charge is 0.504 e. The molecule has 4 aromatic carbocycles. The van der Waals surface area contributed by atoms with Crippen LogP contribution in [0.4, 0.5) is 0 Å². The summed E-state index contributed by atoms with van der Waals surface area (Å²) in [6.45, 7) is 1.82. The average molecular weight is 609 g/mol. The van der Waals surface area contributed by atoms with E-state index in [1.165, 1.54) is 16.7 Å². The first-order chi connectivity index (χ1) is 21.9. The number of likely N-dealkylation sites (N-methyl/N-ethyl adjacent to an activating group) is 2. The van der Waals surface area contributed by atoms with Gasteiger partial charge < -0.3 is 28.8 Å². The fraction of sp³-hybridized carbons (Fsp3) is 0.351. The third kappa shape index (κ3) is 5.32. The van der Waals surface area contributed by atoms with E-state index < -0.39 is 0 Å². The zero-order valence-corrected chi connectivity index (χ0v) is 26.6. The van der Waals surface area contributed by atoms with E-state index in [0.717, 1.165) is 49.0 Å². The highest BCUT2D eigenvalue weighted by molar-refractivity contribution is 5.63. The Balaban J connectivity index is 1.47. The standard InChI is InChI=1S/C37H40N2O6/c1-38-14-12-24-19-32(41-3)33-21-27(24)28(38)16-22-6-9-26(10-7-22)44-31-18-23(8-11-30(31)40)17-29-35-25(13-15-39(29)2)20-34(42-4)36(43-5)37(35)45-33/h6-11,18-21,28-29,40H,12-17H2,1-5H3/t28-,29-/m1/s1. The third-order valence-corrected chi connectivity index (χ3v) is 9.64. The molecule has 8 rings (SSSR count). The van der Waals surface area contributed by atoms with Crippen LogP contribution in [-0.4, -0.2) is 63.4 Å². The quantitative estimate of drug-likeness (QED) is 0.271. The van der Waals surface area contributed by atoms with E-state index in [1.807, 2.05) is 24.3 Å². The Morgan fingerprint density at radius 3 is 2.09 bits per heavy atom. The first kappa shape index (κ1) is 29.3. The highest BCUT2D eigenvalue weighted by atomic mass is 16.5. The molecule has 4 aromatic rings. The van der Waals surface area contributed by atoms with Crippen molar-refractivity contribution in [1.29, 1.82) is 0 Å². The van der Waals surface area contributed by atoms with Crippen LogP contribution in [0.25, 0.3) is 0 Å². The number of nitrogens with zero attached hydrogens (tertiary/aromatic N) is 2. The van der Waals surface area contributed by atoms with Crippen LogP contribution >= 0.6 is 0 Å². The van der Waals surface area contributed by atoms with Gasteiger partial charge in [-0.05, 0) is 110 Å². The van der Waals surface area contributed by atoms with E-state index in [9.17, 15) is 5.11 Å². The lowest BCUT2D eigenvalue weighted by Crippen LogP contribution is -2.34. The molecule has 0 amide bonds. The molecular formula is C37H40N2O6. The maximum atomic E-state index is 10.7. The van der Waals surface area contributed by atoms with E-state index in [0.29, 0.717) is 46.7 Å². The Bertz CT molecular complexity index is 1740. The molecule has 0 unspecified atom stereocenters. The Labute approximate surface area is 264 Å². The van der Waals surface area contributed by atoms with Gasteiger partial charge in [0.1, 0.15) is 5.75 Å². The fourth-order valence-corrected chi connectivity index (χ4v) is 7.11. The summed E-state index contributed by atoms with van der Waals surface area (Å²) in [6.07, 6.45) is 3.25. The Hall–Kier alpha value is -4.40. The zero-order chi connectivity index (χ0) is 31.2. The van der Waals surface area contributed by atoms with Gasteiger partial charge >= 0.3 is 0 Å². The Kier molecular flexibility index (Phi) is 7.71. The lowest BCUT2D eigenvalue weighted by Gasteiger charge is -2.37. The molecule has 8 nitrogen and oxygen atoms in total. The summed E-state index contributed by atoms with van der Waals surface area (Å²) in [6, 6.07) is 20.3. The summed E-state index contributed by atoms with van der Waals surface area (Å²) in [5.74, 6) is 4.37. The van der Waals surface area contributed by atoms with Crippen LogP contribution < -0.4 is 23.7 Å². The molecular weight excluding hydrogens is 568 g/mol. The number of methoxy groups -OCH3 is 3. The molecule has 6 bridgehead atoms. The van der Waals surface area contributed by atoms with Crippen molar-refractivity contribution in [2.24, 2.45) is 0 Å². The van der Waals surface area contributed by atoms with Gasteiger partial charge in [-0.25, -0.2) is 0 Å². The number of benzene rings is 4. The second-order valence-corrected chi connectivity index (χ2v) is 12.3. The Morgan fingerprint density at radius 2 is 1.36 bits per heavy atom. The van der Waals surface area contributed by atoms with Crippen molar-refractivity contribution in [2.75, 3.05) is 48.5 Å². The number of hydrogen-bond donors (Lipinski definition) is 1. The van der Waals surface area contributed by atoms with Gasteiger partial charge in [0.2, 0.25) is 5.75 Å². The second-order valence-electron chi connectivity index (χ2n) is 12.3. The van der Waals surface area contributed by atoms with Gasteiger partial charge in [-0.15, -0.1) is 0 Å². The molecule has 0 fully saturated rings. The van der Waals surface area contributed by atoms with Gasteiger partial charge in [0.15, 0.2) is 34.5 Å². The van der Waals surface area contributed by atoms with Crippen molar-refractivity contribution in [3.8, 4) is 46.0 Å². The predicted octanol–water partition coefficient (Wildman–Crippen LogP) is 6.86. The van der Waals surface area contributed by atoms with Crippen LogP contribution in [0.15, 0.2) is 60.7 Å². The first-order valence-corrected chi connectivity index (χ1v) is 15.5. The minimum atomic E-state index is -0.0402. The maximum Gasteiger partial charge on any atom is 0.204 e. The number of aromatic hydroxyl groups is 1. The zero-order valence-electron chi connectivity index (χ0n) is 26.6.